The van der Waals surface area contributed by atoms with Crippen molar-refractivity contribution >= 4 is 17.5 Å². The van der Waals surface area contributed by atoms with Crippen LogP contribution in [0.25, 0.3) is 0 Å². The molecule has 0 aliphatic rings. The Hall–Kier alpha value is -1.94. The molecule has 4 nitrogen and oxygen atoms in total. The van der Waals surface area contributed by atoms with Gasteiger partial charge in [-0.05, 0) is 31.5 Å². The first-order valence-electron chi connectivity index (χ1n) is 6.30. The molecule has 0 aliphatic carbocycles. The minimum Gasteiger partial charge on any atom is -0.334 e. The fraction of sp³-hybridized carbons (Fsp3) is 0.267. The van der Waals surface area contributed by atoms with E-state index >= 15 is 0 Å². The molecule has 1 unspecified atom stereocenters. The summed E-state index contributed by atoms with van der Waals surface area (Å²) in [5.74, 6) is -0.153. The van der Waals surface area contributed by atoms with E-state index in [1.165, 1.54) is 6.20 Å². The van der Waals surface area contributed by atoms with Crippen LogP contribution in [0.4, 0.5) is 0 Å². The van der Waals surface area contributed by atoms with E-state index in [9.17, 15) is 4.79 Å². The molecule has 104 valence electrons. The fourth-order valence-corrected chi connectivity index (χ4v) is 1.95. The topological polar surface area (TPSA) is 46.1 Å². The molecule has 5 heteroatoms. The highest BCUT2D eigenvalue weighted by Crippen LogP contribution is 2.21. The Kier molecular flexibility index (Phi) is 4.35. The number of rotatable bonds is 3. The van der Waals surface area contributed by atoms with Crippen LogP contribution in [0.2, 0.25) is 5.02 Å². The van der Waals surface area contributed by atoms with E-state index in [4.69, 9.17) is 11.6 Å². The standard InChI is InChI=1S/C15H16ClN3O/c1-10-8-18-14(9-17-10)15(20)19(3)11(2)12-4-6-13(16)7-5-12/h4-9,11H,1-3H3. The molecule has 1 atom stereocenters. The van der Waals surface area contributed by atoms with Crippen molar-refractivity contribution < 1.29 is 4.79 Å². The Morgan fingerprint density at radius 3 is 2.40 bits per heavy atom. The van der Waals surface area contributed by atoms with Gasteiger partial charge < -0.3 is 4.90 Å². The number of aromatic nitrogens is 2. The molecule has 0 spiro atoms. The highest BCUT2D eigenvalue weighted by atomic mass is 35.5. The molecular weight excluding hydrogens is 274 g/mol. The van der Waals surface area contributed by atoms with Crippen LogP contribution >= 0.6 is 11.6 Å². The molecule has 2 aromatic rings. The molecular formula is C15H16ClN3O. The van der Waals surface area contributed by atoms with Crippen LogP contribution in [0.1, 0.15) is 34.7 Å². The van der Waals surface area contributed by atoms with Gasteiger partial charge in [0.15, 0.2) is 0 Å². The van der Waals surface area contributed by atoms with E-state index < -0.39 is 0 Å². The van der Waals surface area contributed by atoms with E-state index in [1.807, 2.05) is 38.1 Å². The van der Waals surface area contributed by atoms with E-state index in [0.29, 0.717) is 10.7 Å². The predicted octanol–water partition coefficient (Wildman–Crippen LogP) is 3.27. The Labute approximate surface area is 123 Å². The van der Waals surface area contributed by atoms with Crippen molar-refractivity contribution in [1.29, 1.82) is 0 Å². The Morgan fingerprint density at radius 2 is 1.85 bits per heavy atom. The van der Waals surface area contributed by atoms with Crippen LogP contribution in [0.15, 0.2) is 36.7 Å². The Balaban J connectivity index is 2.17. The summed E-state index contributed by atoms with van der Waals surface area (Å²) in [7, 11) is 1.75. The number of benzene rings is 1. The zero-order valence-electron chi connectivity index (χ0n) is 11.7. The number of carbonyl (C=O) groups excluding carboxylic acids is 1. The molecule has 0 saturated carbocycles. The van der Waals surface area contributed by atoms with Gasteiger partial charge in [-0.3, -0.25) is 9.78 Å². The van der Waals surface area contributed by atoms with Gasteiger partial charge in [-0.25, -0.2) is 4.98 Å². The molecule has 20 heavy (non-hydrogen) atoms. The average Bonchev–Trinajstić information content (AvgIpc) is 2.46. The summed E-state index contributed by atoms with van der Waals surface area (Å²) in [6.45, 7) is 3.80. The predicted molar refractivity (Wildman–Crippen MR) is 78.7 cm³/mol. The number of hydrogen-bond acceptors (Lipinski definition) is 3. The molecule has 1 heterocycles. The largest absolute Gasteiger partial charge is 0.334 e. The lowest BCUT2D eigenvalue weighted by Gasteiger charge is -2.25. The highest BCUT2D eigenvalue weighted by Gasteiger charge is 2.20. The third-order valence-corrected chi connectivity index (χ3v) is 3.51. The molecule has 0 bridgehead atoms. The molecule has 0 saturated heterocycles. The van der Waals surface area contributed by atoms with Crippen LogP contribution in [-0.2, 0) is 0 Å². The Bertz CT molecular complexity index is 596. The monoisotopic (exact) mass is 289 g/mol. The second kappa shape index (κ2) is 6.01. The summed E-state index contributed by atoms with van der Waals surface area (Å²) in [5, 5.41) is 0.680. The zero-order valence-corrected chi connectivity index (χ0v) is 12.4. The fourth-order valence-electron chi connectivity index (χ4n) is 1.82. The van der Waals surface area contributed by atoms with E-state index in [1.54, 1.807) is 18.1 Å². The summed E-state index contributed by atoms with van der Waals surface area (Å²) >= 11 is 5.87. The summed E-state index contributed by atoms with van der Waals surface area (Å²) in [5.41, 5.74) is 2.15. The molecule has 0 radical (unpaired) electrons. The lowest BCUT2D eigenvalue weighted by molar-refractivity contribution is 0.0736. The summed E-state index contributed by atoms with van der Waals surface area (Å²) in [4.78, 5) is 22.2. The lowest BCUT2D eigenvalue weighted by atomic mass is 10.1. The number of nitrogens with zero attached hydrogens (tertiary/aromatic N) is 3. The first-order valence-corrected chi connectivity index (χ1v) is 6.68. The van der Waals surface area contributed by atoms with Crippen LogP contribution < -0.4 is 0 Å². The number of amides is 1. The van der Waals surface area contributed by atoms with Gasteiger partial charge in [-0.15, -0.1) is 0 Å². The number of halogens is 1. The quantitative estimate of drug-likeness (QED) is 0.871. The van der Waals surface area contributed by atoms with Gasteiger partial charge in [0.25, 0.3) is 5.91 Å². The second-order valence-corrected chi connectivity index (χ2v) is 5.12. The first-order chi connectivity index (χ1) is 9.49. The van der Waals surface area contributed by atoms with Crippen molar-refractivity contribution in [2.45, 2.75) is 19.9 Å². The normalized spacial score (nSPS) is 12.0. The van der Waals surface area contributed by atoms with Crippen molar-refractivity contribution in [2.75, 3.05) is 7.05 Å². The van der Waals surface area contributed by atoms with Crippen LogP contribution in [0.5, 0.6) is 0 Å². The van der Waals surface area contributed by atoms with E-state index in [0.717, 1.165) is 11.3 Å². The molecule has 2 rings (SSSR count). The highest BCUT2D eigenvalue weighted by molar-refractivity contribution is 6.30. The maximum absolute atomic E-state index is 12.3. The van der Waals surface area contributed by atoms with Crippen LogP contribution in [0, 0.1) is 6.92 Å². The van der Waals surface area contributed by atoms with Crippen molar-refractivity contribution in [1.82, 2.24) is 14.9 Å². The third-order valence-electron chi connectivity index (χ3n) is 3.25. The SMILES string of the molecule is Cc1cnc(C(=O)N(C)C(C)c2ccc(Cl)cc2)cn1. The number of hydrogen-bond donors (Lipinski definition) is 0. The van der Waals surface area contributed by atoms with Gasteiger partial charge in [-0.1, -0.05) is 23.7 Å². The van der Waals surface area contributed by atoms with Gasteiger partial charge in [0.1, 0.15) is 5.69 Å². The zero-order chi connectivity index (χ0) is 14.7. The number of carbonyl (C=O) groups is 1. The Morgan fingerprint density at radius 1 is 1.20 bits per heavy atom. The third kappa shape index (κ3) is 3.14. The van der Waals surface area contributed by atoms with Gasteiger partial charge in [0, 0.05) is 18.3 Å². The molecule has 1 amide bonds. The molecule has 1 aromatic carbocycles. The van der Waals surface area contributed by atoms with E-state index in [-0.39, 0.29) is 11.9 Å². The average molecular weight is 290 g/mol. The maximum atomic E-state index is 12.3. The maximum Gasteiger partial charge on any atom is 0.274 e. The second-order valence-electron chi connectivity index (χ2n) is 4.69. The summed E-state index contributed by atoms with van der Waals surface area (Å²) < 4.78 is 0. The lowest BCUT2D eigenvalue weighted by Crippen LogP contribution is -2.30. The summed E-state index contributed by atoms with van der Waals surface area (Å²) in [6, 6.07) is 7.40. The van der Waals surface area contributed by atoms with Crippen molar-refractivity contribution in [3.63, 3.8) is 0 Å². The van der Waals surface area contributed by atoms with Crippen molar-refractivity contribution in [2.24, 2.45) is 0 Å². The first kappa shape index (κ1) is 14.5. The molecule has 0 N–H and O–H groups in total. The molecule has 1 aromatic heterocycles. The van der Waals surface area contributed by atoms with Gasteiger partial charge in [0.05, 0.1) is 17.9 Å². The smallest absolute Gasteiger partial charge is 0.274 e. The minimum absolute atomic E-state index is 0.0668. The van der Waals surface area contributed by atoms with Crippen molar-refractivity contribution in [3.8, 4) is 0 Å². The van der Waals surface area contributed by atoms with Crippen LogP contribution in [0.3, 0.4) is 0 Å². The molecule has 0 fully saturated rings. The van der Waals surface area contributed by atoms with Gasteiger partial charge in [0.2, 0.25) is 0 Å². The van der Waals surface area contributed by atoms with Crippen LogP contribution in [-0.4, -0.2) is 27.8 Å². The number of aryl methyl sites for hydroxylation is 1. The van der Waals surface area contributed by atoms with Gasteiger partial charge >= 0.3 is 0 Å². The molecule has 0 aliphatic heterocycles. The van der Waals surface area contributed by atoms with Gasteiger partial charge in [-0.2, -0.15) is 0 Å². The van der Waals surface area contributed by atoms with E-state index in [2.05, 4.69) is 9.97 Å². The van der Waals surface area contributed by atoms with Crippen molar-refractivity contribution in [3.05, 3.63) is 58.6 Å². The summed E-state index contributed by atoms with van der Waals surface area (Å²) in [6.07, 6.45) is 3.09. The minimum atomic E-state index is -0.153.